The third kappa shape index (κ3) is 7.04. The van der Waals surface area contributed by atoms with Crippen LogP contribution >= 0.6 is 0 Å². The number of carbonyl (C=O) groups is 3. The molecule has 0 aliphatic heterocycles. The summed E-state index contributed by atoms with van der Waals surface area (Å²) in [6.45, 7) is 4.86. The van der Waals surface area contributed by atoms with Crippen LogP contribution < -0.4 is 5.73 Å². The topological polar surface area (TPSA) is 124 Å². The quantitative estimate of drug-likeness (QED) is 0.435. The van der Waals surface area contributed by atoms with Crippen molar-refractivity contribution < 1.29 is 29.0 Å². The molecule has 0 spiro atoms. The van der Waals surface area contributed by atoms with Gasteiger partial charge in [0.15, 0.2) is 0 Å². The molecule has 2 rings (SSSR count). The molecule has 9 heteroatoms. The number of nitrogens with two attached hydrogens (primary N) is 1. The van der Waals surface area contributed by atoms with Crippen LogP contribution in [0.15, 0.2) is 42.5 Å². The Kier molecular flexibility index (Phi) is 9.98. The van der Waals surface area contributed by atoms with Gasteiger partial charge in [-0.15, -0.1) is 0 Å². The monoisotopic (exact) mass is 501 g/mol. The van der Waals surface area contributed by atoms with Crippen molar-refractivity contribution in [1.29, 1.82) is 0 Å². The Hall–Kier alpha value is -3.46. The minimum absolute atomic E-state index is 0.123. The van der Waals surface area contributed by atoms with Gasteiger partial charge < -0.3 is 25.7 Å². The van der Waals surface area contributed by atoms with Gasteiger partial charge in [0.1, 0.15) is 23.7 Å². The predicted molar refractivity (Wildman–Crippen MR) is 134 cm³/mol. The average molecular weight is 502 g/mol. The summed E-state index contributed by atoms with van der Waals surface area (Å²) in [5, 5.41) is 19.7. The van der Waals surface area contributed by atoms with Gasteiger partial charge in [-0.2, -0.15) is 0 Å². The van der Waals surface area contributed by atoms with Crippen LogP contribution in [0.3, 0.4) is 0 Å². The van der Waals surface area contributed by atoms with Gasteiger partial charge >= 0.3 is 0 Å². The molecule has 0 aliphatic rings. The molecule has 0 saturated heterocycles. The van der Waals surface area contributed by atoms with Crippen molar-refractivity contribution in [2.75, 3.05) is 20.7 Å². The van der Waals surface area contributed by atoms with E-state index in [1.54, 1.807) is 45.0 Å². The Labute approximate surface area is 211 Å². The highest BCUT2D eigenvalue weighted by atomic mass is 19.1. The smallest absolute Gasteiger partial charge is 0.246 e. The van der Waals surface area contributed by atoms with Gasteiger partial charge in [0.2, 0.25) is 17.7 Å². The van der Waals surface area contributed by atoms with E-state index in [2.05, 4.69) is 0 Å². The Balaban J connectivity index is 2.25. The number of aryl methyl sites for hydroxylation is 1. The highest BCUT2D eigenvalue weighted by Crippen LogP contribution is 2.22. The molecular formula is C27H36FN3O5. The first-order chi connectivity index (χ1) is 16.9. The molecule has 0 aliphatic carbocycles. The van der Waals surface area contributed by atoms with Crippen molar-refractivity contribution in [1.82, 2.24) is 9.80 Å². The molecule has 0 unspecified atom stereocenters. The second-order valence-corrected chi connectivity index (χ2v) is 9.54. The van der Waals surface area contributed by atoms with Crippen molar-refractivity contribution in [2.24, 2.45) is 17.6 Å². The first-order valence-corrected chi connectivity index (χ1v) is 11.8. The zero-order chi connectivity index (χ0) is 27.2. The van der Waals surface area contributed by atoms with E-state index in [4.69, 9.17) is 5.73 Å². The van der Waals surface area contributed by atoms with Crippen LogP contribution in [0.25, 0.3) is 0 Å². The van der Waals surface area contributed by atoms with E-state index in [9.17, 15) is 29.0 Å². The molecule has 0 fully saturated rings. The average Bonchev–Trinajstić information content (AvgIpc) is 2.83. The maximum absolute atomic E-state index is 13.6. The molecule has 0 saturated carbocycles. The summed E-state index contributed by atoms with van der Waals surface area (Å²) in [4.78, 5) is 41.7. The number of amides is 3. The summed E-state index contributed by atoms with van der Waals surface area (Å²) in [6.07, 6.45) is 0.323. The second kappa shape index (κ2) is 12.5. The number of likely N-dealkylation sites (N-methyl/N-ethyl adjacent to an activating group) is 2. The number of primary amides is 1. The van der Waals surface area contributed by atoms with Gasteiger partial charge in [-0.05, 0) is 54.2 Å². The zero-order valence-electron chi connectivity index (χ0n) is 21.4. The maximum atomic E-state index is 13.6. The molecule has 3 atom stereocenters. The summed E-state index contributed by atoms with van der Waals surface area (Å²) >= 11 is 0. The Morgan fingerprint density at radius 1 is 0.944 bits per heavy atom. The third-order valence-electron chi connectivity index (χ3n) is 6.45. The highest BCUT2D eigenvalue weighted by Gasteiger charge is 2.37. The van der Waals surface area contributed by atoms with Gasteiger partial charge in [-0.25, -0.2) is 4.39 Å². The predicted octanol–water partition coefficient (Wildman–Crippen LogP) is 2.03. The lowest BCUT2D eigenvalue weighted by atomic mass is 9.94. The summed E-state index contributed by atoms with van der Waals surface area (Å²) in [5.41, 5.74) is 7.68. The molecule has 8 nitrogen and oxygen atoms in total. The Morgan fingerprint density at radius 2 is 1.53 bits per heavy atom. The largest absolute Gasteiger partial charge is 0.508 e. The SMILES string of the molecule is Cc1cc(C[C@@H](C(N)=O)N(C)C(=O)[C@H](C(C)C)N(C)C(=O)[C@@H](CO)Cc2ccc(F)cc2)ccc1O. The number of phenols is 1. The number of hydrogen-bond donors (Lipinski definition) is 3. The third-order valence-corrected chi connectivity index (χ3v) is 6.45. The number of halogens is 1. The molecule has 0 heterocycles. The fourth-order valence-corrected chi connectivity index (χ4v) is 4.32. The van der Waals surface area contributed by atoms with Gasteiger partial charge in [0, 0.05) is 20.5 Å². The number of rotatable bonds is 11. The molecule has 0 radical (unpaired) electrons. The maximum Gasteiger partial charge on any atom is 0.246 e. The number of carbonyl (C=O) groups excluding carboxylic acids is 3. The fraction of sp³-hybridized carbons (Fsp3) is 0.444. The van der Waals surface area contributed by atoms with E-state index in [-0.39, 0.29) is 24.5 Å². The first-order valence-electron chi connectivity index (χ1n) is 11.8. The lowest BCUT2D eigenvalue weighted by Crippen LogP contribution is -2.57. The zero-order valence-corrected chi connectivity index (χ0v) is 21.4. The van der Waals surface area contributed by atoms with Crippen LogP contribution in [0, 0.1) is 24.6 Å². The van der Waals surface area contributed by atoms with Crippen molar-refractivity contribution >= 4 is 17.7 Å². The number of nitrogens with zero attached hydrogens (tertiary/aromatic N) is 2. The van der Waals surface area contributed by atoms with Crippen LogP contribution in [0.4, 0.5) is 4.39 Å². The summed E-state index contributed by atoms with van der Waals surface area (Å²) in [6, 6.07) is 8.68. The molecule has 2 aromatic carbocycles. The van der Waals surface area contributed by atoms with Gasteiger partial charge in [-0.3, -0.25) is 14.4 Å². The normalized spacial score (nSPS) is 13.7. The molecule has 4 N–H and O–H groups in total. The number of aromatic hydroxyl groups is 1. The molecule has 2 aromatic rings. The summed E-state index contributed by atoms with van der Waals surface area (Å²) in [5.74, 6) is -3.00. The van der Waals surface area contributed by atoms with E-state index >= 15 is 0 Å². The van der Waals surface area contributed by atoms with Crippen molar-refractivity contribution in [3.8, 4) is 5.75 Å². The molecule has 0 bridgehead atoms. The Bertz CT molecular complexity index is 1070. The van der Waals surface area contributed by atoms with Crippen LogP contribution in [0.2, 0.25) is 0 Å². The van der Waals surface area contributed by atoms with E-state index in [0.29, 0.717) is 11.1 Å². The lowest BCUT2D eigenvalue weighted by molar-refractivity contribution is -0.151. The Morgan fingerprint density at radius 3 is 2.03 bits per heavy atom. The van der Waals surface area contributed by atoms with Crippen molar-refractivity contribution in [2.45, 2.75) is 45.7 Å². The van der Waals surface area contributed by atoms with Gasteiger partial charge in [0.25, 0.3) is 0 Å². The van der Waals surface area contributed by atoms with Crippen molar-refractivity contribution in [3.05, 3.63) is 65.0 Å². The minimum atomic E-state index is -0.973. The van der Waals surface area contributed by atoms with Crippen LogP contribution in [0.5, 0.6) is 5.75 Å². The van der Waals surface area contributed by atoms with E-state index < -0.39 is 48.1 Å². The van der Waals surface area contributed by atoms with Crippen LogP contribution in [-0.4, -0.2) is 70.5 Å². The molecule has 36 heavy (non-hydrogen) atoms. The van der Waals surface area contributed by atoms with Gasteiger partial charge in [-0.1, -0.05) is 38.1 Å². The number of phenolic OH excluding ortho intramolecular Hbond substituents is 1. The first kappa shape index (κ1) is 28.8. The van der Waals surface area contributed by atoms with Crippen LogP contribution in [0.1, 0.15) is 30.5 Å². The molecule has 3 amide bonds. The van der Waals surface area contributed by atoms with E-state index in [1.165, 1.54) is 42.1 Å². The summed E-state index contributed by atoms with van der Waals surface area (Å²) < 4.78 is 13.2. The lowest BCUT2D eigenvalue weighted by Gasteiger charge is -2.37. The molecular weight excluding hydrogens is 465 g/mol. The summed E-state index contributed by atoms with van der Waals surface area (Å²) in [7, 11) is 2.97. The number of benzene rings is 2. The minimum Gasteiger partial charge on any atom is -0.508 e. The fourth-order valence-electron chi connectivity index (χ4n) is 4.32. The molecule has 0 aromatic heterocycles. The molecule has 196 valence electrons. The number of aliphatic hydroxyl groups is 1. The standard InChI is InChI=1S/C27H36FN3O5/c1-16(2)24(31(5)26(35)20(15-32)13-18-6-9-21(28)10-7-18)27(36)30(4)22(25(29)34)14-19-8-11-23(33)17(3)12-19/h6-12,16,20,22,24,32-33H,13-15H2,1-5H3,(H2,29,34)/t20-,22+,24+/m1/s1. The van der Waals surface area contributed by atoms with E-state index in [0.717, 1.165) is 5.56 Å². The van der Waals surface area contributed by atoms with E-state index in [1.807, 2.05) is 0 Å². The van der Waals surface area contributed by atoms with Gasteiger partial charge in [0.05, 0.1) is 12.5 Å². The number of hydrogen-bond acceptors (Lipinski definition) is 5. The van der Waals surface area contributed by atoms with Crippen LogP contribution in [-0.2, 0) is 27.2 Å². The highest BCUT2D eigenvalue weighted by molar-refractivity contribution is 5.92. The second-order valence-electron chi connectivity index (χ2n) is 9.54. The van der Waals surface area contributed by atoms with Crippen molar-refractivity contribution in [3.63, 3.8) is 0 Å². The number of aliphatic hydroxyl groups excluding tert-OH is 1.